The van der Waals surface area contributed by atoms with Crippen LogP contribution in [0.3, 0.4) is 0 Å². The van der Waals surface area contributed by atoms with E-state index in [-0.39, 0.29) is 24.6 Å². The Balaban J connectivity index is 2.62. The van der Waals surface area contributed by atoms with Gasteiger partial charge in [0.1, 0.15) is 5.82 Å². The van der Waals surface area contributed by atoms with Crippen LogP contribution in [0.4, 0.5) is 10.1 Å². The van der Waals surface area contributed by atoms with Crippen molar-refractivity contribution in [3.8, 4) is 11.8 Å². The van der Waals surface area contributed by atoms with E-state index in [1.165, 1.54) is 12.1 Å². The third kappa shape index (κ3) is 5.51. The van der Waals surface area contributed by atoms with E-state index in [2.05, 4.69) is 17.2 Å². The minimum absolute atomic E-state index is 0.139. The number of amides is 1. The van der Waals surface area contributed by atoms with Gasteiger partial charge in [-0.1, -0.05) is 11.8 Å². The molecule has 1 aromatic rings. The van der Waals surface area contributed by atoms with Crippen LogP contribution in [0.5, 0.6) is 0 Å². The molecule has 0 aliphatic carbocycles. The maximum absolute atomic E-state index is 13.7. The van der Waals surface area contributed by atoms with Crippen LogP contribution in [-0.2, 0) is 9.53 Å². The van der Waals surface area contributed by atoms with Crippen LogP contribution in [-0.4, -0.2) is 25.7 Å². The van der Waals surface area contributed by atoms with Crippen molar-refractivity contribution in [3.63, 3.8) is 0 Å². The molecular weight excluding hydrogens is 247 g/mol. The topological polar surface area (TPSA) is 64.3 Å². The number of nitrogens with one attached hydrogen (secondary N) is 1. The van der Waals surface area contributed by atoms with Gasteiger partial charge in [-0.05, 0) is 25.1 Å². The van der Waals surface area contributed by atoms with Crippen molar-refractivity contribution in [1.82, 2.24) is 0 Å². The molecule has 0 aliphatic heterocycles. The summed E-state index contributed by atoms with van der Waals surface area (Å²) in [5, 5.41) is 2.49. The third-order valence-corrected chi connectivity index (χ3v) is 2.26. The van der Waals surface area contributed by atoms with Gasteiger partial charge in [-0.2, -0.15) is 0 Å². The fraction of sp³-hybridized carbons (Fsp3) is 0.357. The lowest BCUT2D eigenvalue weighted by Crippen LogP contribution is -2.15. The molecule has 5 heteroatoms. The summed E-state index contributed by atoms with van der Waals surface area (Å²) in [6.07, 6.45) is 0.196. The quantitative estimate of drug-likeness (QED) is 0.625. The van der Waals surface area contributed by atoms with Gasteiger partial charge < -0.3 is 15.8 Å². The first-order valence-electron chi connectivity index (χ1n) is 6.03. The Kier molecular flexibility index (Phi) is 6.58. The smallest absolute Gasteiger partial charge is 0.226 e. The lowest BCUT2D eigenvalue weighted by Gasteiger charge is -2.06. The molecule has 0 aliphatic rings. The molecule has 102 valence electrons. The SMILES string of the molecule is CCOCCC(=O)Nc1ccc(C#CCN)cc1F. The molecule has 1 aromatic carbocycles. The number of carbonyl (C=O) groups excluding carboxylic acids is 1. The highest BCUT2D eigenvalue weighted by molar-refractivity contribution is 5.90. The second-order valence-corrected chi connectivity index (χ2v) is 3.70. The lowest BCUT2D eigenvalue weighted by molar-refractivity contribution is -0.117. The number of benzene rings is 1. The van der Waals surface area contributed by atoms with Crippen LogP contribution >= 0.6 is 0 Å². The van der Waals surface area contributed by atoms with Crippen LogP contribution in [0.2, 0.25) is 0 Å². The Hall–Kier alpha value is -1.90. The predicted molar refractivity (Wildman–Crippen MR) is 72.1 cm³/mol. The van der Waals surface area contributed by atoms with Crippen LogP contribution in [0.25, 0.3) is 0 Å². The van der Waals surface area contributed by atoms with Gasteiger partial charge in [0.05, 0.1) is 25.3 Å². The summed E-state index contributed by atoms with van der Waals surface area (Å²) in [5.41, 5.74) is 5.89. The van der Waals surface area contributed by atoms with Crippen molar-refractivity contribution in [3.05, 3.63) is 29.6 Å². The predicted octanol–water partition coefficient (Wildman–Crippen LogP) is 1.50. The molecule has 1 amide bonds. The lowest BCUT2D eigenvalue weighted by atomic mass is 10.2. The van der Waals surface area contributed by atoms with Gasteiger partial charge in [0.25, 0.3) is 0 Å². The fourth-order valence-corrected chi connectivity index (χ4v) is 1.37. The van der Waals surface area contributed by atoms with Gasteiger partial charge in [-0.3, -0.25) is 4.79 Å². The highest BCUT2D eigenvalue weighted by atomic mass is 19.1. The van der Waals surface area contributed by atoms with E-state index in [0.717, 1.165) is 0 Å². The molecule has 19 heavy (non-hydrogen) atoms. The summed E-state index contributed by atoms with van der Waals surface area (Å²) in [7, 11) is 0. The molecule has 0 saturated carbocycles. The zero-order chi connectivity index (χ0) is 14.1. The standard InChI is InChI=1S/C14H17FN2O2/c1-2-19-9-7-14(18)17-13-6-5-11(4-3-8-16)10-12(13)15/h5-6,10H,2,7-9,16H2,1H3,(H,17,18). The Morgan fingerprint density at radius 2 is 2.32 bits per heavy atom. The number of rotatable bonds is 5. The van der Waals surface area contributed by atoms with E-state index in [9.17, 15) is 9.18 Å². The van der Waals surface area contributed by atoms with Crippen molar-refractivity contribution < 1.29 is 13.9 Å². The molecule has 0 bridgehead atoms. The van der Waals surface area contributed by atoms with E-state index >= 15 is 0 Å². The van der Waals surface area contributed by atoms with Crippen molar-refractivity contribution in [2.24, 2.45) is 5.73 Å². The molecule has 0 aromatic heterocycles. The summed E-state index contributed by atoms with van der Waals surface area (Å²) >= 11 is 0. The first-order valence-corrected chi connectivity index (χ1v) is 6.03. The molecule has 3 N–H and O–H groups in total. The highest BCUT2D eigenvalue weighted by Crippen LogP contribution is 2.15. The first kappa shape index (κ1) is 15.2. The third-order valence-electron chi connectivity index (χ3n) is 2.26. The second-order valence-electron chi connectivity index (χ2n) is 3.70. The van der Waals surface area contributed by atoms with Crippen molar-refractivity contribution in [2.45, 2.75) is 13.3 Å². The van der Waals surface area contributed by atoms with Crippen LogP contribution in [0.1, 0.15) is 18.9 Å². The minimum atomic E-state index is -0.520. The van der Waals surface area contributed by atoms with Crippen molar-refractivity contribution >= 4 is 11.6 Å². The van der Waals surface area contributed by atoms with Crippen LogP contribution in [0.15, 0.2) is 18.2 Å². The number of carbonyl (C=O) groups is 1. The van der Waals surface area contributed by atoms with E-state index < -0.39 is 5.82 Å². The Labute approximate surface area is 112 Å². The van der Waals surface area contributed by atoms with E-state index in [1.54, 1.807) is 6.07 Å². The molecule has 0 unspecified atom stereocenters. The second kappa shape index (κ2) is 8.25. The van der Waals surface area contributed by atoms with Crippen molar-refractivity contribution in [1.29, 1.82) is 0 Å². The zero-order valence-corrected chi connectivity index (χ0v) is 10.8. The fourth-order valence-electron chi connectivity index (χ4n) is 1.37. The number of anilines is 1. The molecule has 0 atom stereocenters. The molecule has 0 spiro atoms. The number of nitrogens with two attached hydrogens (primary N) is 1. The Morgan fingerprint density at radius 1 is 1.53 bits per heavy atom. The largest absolute Gasteiger partial charge is 0.381 e. The molecular formula is C14H17FN2O2. The molecule has 0 fully saturated rings. The zero-order valence-electron chi connectivity index (χ0n) is 10.8. The maximum atomic E-state index is 13.7. The average molecular weight is 264 g/mol. The van der Waals surface area contributed by atoms with E-state index in [0.29, 0.717) is 18.8 Å². The molecule has 0 radical (unpaired) electrons. The molecule has 1 rings (SSSR count). The maximum Gasteiger partial charge on any atom is 0.226 e. The first-order chi connectivity index (χ1) is 9.17. The Bertz CT molecular complexity index is 492. The van der Waals surface area contributed by atoms with Gasteiger partial charge in [0.2, 0.25) is 5.91 Å². The number of hydrogen-bond acceptors (Lipinski definition) is 3. The summed E-state index contributed by atoms with van der Waals surface area (Å²) in [5.74, 6) is 4.55. The molecule has 0 saturated heterocycles. The van der Waals surface area contributed by atoms with E-state index in [1.807, 2.05) is 6.92 Å². The van der Waals surface area contributed by atoms with Gasteiger partial charge in [-0.15, -0.1) is 0 Å². The van der Waals surface area contributed by atoms with Crippen LogP contribution < -0.4 is 11.1 Å². The van der Waals surface area contributed by atoms with Gasteiger partial charge in [0, 0.05) is 12.2 Å². The Morgan fingerprint density at radius 3 is 2.95 bits per heavy atom. The molecule has 4 nitrogen and oxygen atoms in total. The number of halogens is 1. The van der Waals surface area contributed by atoms with Crippen LogP contribution in [0, 0.1) is 17.7 Å². The summed E-state index contributed by atoms with van der Waals surface area (Å²) in [6.45, 7) is 2.94. The number of hydrogen-bond donors (Lipinski definition) is 2. The van der Waals surface area contributed by atoms with E-state index in [4.69, 9.17) is 10.5 Å². The average Bonchev–Trinajstić information content (AvgIpc) is 2.39. The molecule has 0 heterocycles. The normalized spacial score (nSPS) is 9.63. The minimum Gasteiger partial charge on any atom is -0.381 e. The van der Waals surface area contributed by atoms with Gasteiger partial charge in [0.15, 0.2) is 0 Å². The summed E-state index contributed by atoms with van der Waals surface area (Å²) in [4.78, 5) is 11.5. The van der Waals surface area contributed by atoms with Crippen molar-refractivity contribution in [2.75, 3.05) is 25.1 Å². The highest BCUT2D eigenvalue weighted by Gasteiger charge is 2.07. The number of ether oxygens (including phenoxy) is 1. The summed E-state index contributed by atoms with van der Waals surface area (Å²) < 4.78 is 18.7. The van der Waals surface area contributed by atoms with Gasteiger partial charge in [-0.25, -0.2) is 4.39 Å². The van der Waals surface area contributed by atoms with Gasteiger partial charge >= 0.3 is 0 Å². The summed E-state index contributed by atoms with van der Waals surface area (Å²) in [6, 6.07) is 4.37. The monoisotopic (exact) mass is 264 g/mol.